The third kappa shape index (κ3) is 11.4. The lowest BCUT2D eigenvalue weighted by molar-refractivity contribution is 0.0341. The Kier molecular flexibility index (Phi) is 13.2. The zero-order valence-corrected chi connectivity index (χ0v) is 17.6. The van der Waals surface area contributed by atoms with Crippen LogP contribution in [-0.4, -0.2) is 25.2 Å². The van der Waals surface area contributed by atoms with E-state index in [9.17, 15) is 4.79 Å². The van der Waals surface area contributed by atoms with Gasteiger partial charge < -0.3 is 15.8 Å². The summed E-state index contributed by atoms with van der Waals surface area (Å²) in [6.45, 7) is 10.4. The maximum Gasteiger partial charge on any atom is 0.338 e. The van der Waals surface area contributed by atoms with Crippen molar-refractivity contribution in [3.63, 3.8) is 0 Å². The van der Waals surface area contributed by atoms with Crippen LogP contribution in [0.3, 0.4) is 0 Å². The molecule has 0 saturated carbocycles. The first-order valence-corrected chi connectivity index (χ1v) is 9.65. The third-order valence-corrected chi connectivity index (χ3v) is 4.36. The molecule has 26 heavy (non-hydrogen) atoms. The molecule has 0 aliphatic carbocycles. The summed E-state index contributed by atoms with van der Waals surface area (Å²) in [6, 6.07) is 6.81. The van der Waals surface area contributed by atoms with E-state index < -0.39 is 0 Å². The fourth-order valence-electron chi connectivity index (χ4n) is 2.77. The normalized spacial score (nSPS) is 13.1. The number of ether oxygens (including phenoxy) is 1. The molecule has 1 aromatic rings. The van der Waals surface area contributed by atoms with Crippen LogP contribution in [0.15, 0.2) is 24.3 Å². The van der Waals surface area contributed by atoms with Crippen molar-refractivity contribution in [1.82, 2.24) is 5.32 Å². The standard InChI is InChI=1S/C21H36N2O2.ClH/c1-16(2)8-6-5-7-9-17(3)14-23-15-18(4)25-21(24)19-10-12-20(22)13-11-19;/h10-13,16-18,23H,5-9,14-15,22H2,1-4H3;1H. The predicted molar refractivity (Wildman–Crippen MR) is 113 cm³/mol. The summed E-state index contributed by atoms with van der Waals surface area (Å²) in [4.78, 5) is 12.0. The van der Waals surface area contributed by atoms with Crippen LogP contribution in [0.1, 0.15) is 70.2 Å². The minimum atomic E-state index is -0.299. The van der Waals surface area contributed by atoms with Gasteiger partial charge in [-0.1, -0.05) is 46.5 Å². The van der Waals surface area contributed by atoms with Crippen molar-refractivity contribution >= 4 is 24.1 Å². The largest absolute Gasteiger partial charge is 0.458 e. The molecule has 0 spiro atoms. The van der Waals surface area contributed by atoms with Gasteiger partial charge in [0.1, 0.15) is 6.10 Å². The summed E-state index contributed by atoms with van der Waals surface area (Å²) in [5.41, 5.74) is 6.81. The van der Waals surface area contributed by atoms with Gasteiger partial charge in [-0.2, -0.15) is 0 Å². The summed E-state index contributed by atoms with van der Waals surface area (Å²) < 4.78 is 5.45. The third-order valence-electron chi connectivity index (χ3n) is 4.36. The number of esters is 1. The van der Waals surface area contributed by atoms with E-state index in [0.717, 1.165) is 12.5 Å². The number of nitrogens with one attached hydrogen (secondary N) is 1. The highest BCUT2D eigenvalue weighted by Crippen LogP contribution is 2.13. The van der Waals surface area contributed by atoms with Crippen molar-refractivity contribution in [3.8, 4) is 0 Å². The monoisotopic (exact) mass is 384 g/mol. The molecule has 5 heteroatoms. The molecule has 4 nitrogen and oxygen atoms in total. The molecule has 0 bridgehead atoms. The average molecular weight is 385 g/mol. The van der Waals surface area contributed by atoms with Gasteiger partial charge in [-0.3, -0.25) is 0 Å². The number of hydrogen-bond donors (Lipinski definition) is 2. The van der Waals surface area contributed by atoms with Gasteiger partial charge in [0.15, 0.2) is 0 Å². The Morgan fingerprint density at radius 3 is 2.23 bits per heavy atom. The number of unbranched alkanes of at least 4 members (excludes halogenated alkanes) is 2. The zero-order chi connectivity index (χ0) is 18.7. The zero-order valence-electron chi connectivity index (χ0n) is 16.8. The number of rotatable bonds is 12. The Hall–Kier alpha value is -1.26. The lowest BCUT2D eigenvalue weighted by Crippen LogP contribution is -2.31. The maximum atomic E-state index is 12.0. The lowest BCUT2D eigenvalue weighted by atomic mass is 10.00. The summed E-state index contributed by atoms with van der Waals surface area (Å²) in [6.07, 6.45) is 6.42. The molecule has 0 saturated heterocycles. The fourth-order valence-corrected chi connectivity index (χ4v) is 2.77. The number of halogens is 1. The summed E-state index contributed by atoms with van der Waals surface area (Å²) >= 11 is 0. The second-order valence-corrected chi connectivity index (χ2v) is 7.63. The van der Waals surface area contributed by atoms with Gasteiger partial charge in [0.05, 0.1) is 5.56 Å². The van der Waals surface area contributed by atoms with Crippen molar-refractivity contribution in [3.05, 3.63) is 29.8 Å². The molecule has 150 valence electrons. The Morgan fingerprint density at radius 2 is 1.62 bits per heavy atom. The van der Waals surface area contributed by atoms with Crippen LogP contribution in [0.5, 0.6) is 0 Å². The Balaban J connectivity index is 0.00000625. The van der Waals surface area contributed by atoms with Crippen LogP contribution in [0.2, 0.25) is 0 Å². The van der Waals surface area contributed by atoms with Gasteiger partial charge in [0.2, 0.25) is 0 Å². The van der Waals surface area contributed by atoms with Gasteiger partial charge in [0.25, 0.3) is 0 Å². The lowest BCUT2D eigenvalue weighted by Gasteiger charge is -2.17. The Morgan fingerprint density at radius 1 is 1.00 bits per heavy atom. The number of nitrogens with two attached hydrogens (primary N) is 1. The number of hydrogen-bond acceptors (Lipinski definition) is 4. The first kappa shape index (κ1) is 24.7. The molecule has 3 N–H and O–H groups in total. The molecule has 0 aliphatic heterocycles. The molecule has 1 aromatic carbocycles. The maximum absolute atomic E-state index is 12.0. The van der Waals surface area contributed by atoms with Gasteiger partial charge in [-0.25, -0.2) is 4.79 Å². The number of anilines is 1. The van der Waals surface area contributed by atoms with E-state index >= 15 is 0 Å². The predicted octanol–water partition coefficient (Wildman–Crippen LogP) is 5.07. The highest BCUT2D eigenvalue weighted by molar-refractivity contribution is 5.89. The van der Waals surface area contributed by atoms with Crippen LogP contribution in [0, 0.1) is 11.8 Å². The van der Waals surface area contributed by atoms with E-state index in [1.54, 1.807) is 24.3 Å². The van der Waals surface area contributed by atoms with E-state index in [0.29, 0.717) is 23.7 Å². The van der Waals surface area contributed by atoms with Crippen LogP contribution in [0.4, 0.5) is 5.69 Å². The van der Waals surface area contributed by atoms with Crippen LogP contribution in [-0.2, 0) is 4.74 Å². The quantitative estimate of drug-likeness (QED) is 0.300. The van der Waals surface area contributed by atoms with Crippen molar-refractivity contribution in [2.24, 2.45) is 11.8 Å². The van der Waals surface area contributed by atoms with Gasteiger partial charge in [0, 0.05) is 12.2 Å². The number of nitrogen functional groups attached to an aromatic ring is 1. The molecule has 0 heterocycles. The van der Waals surface area contributed by atoms with E-state index in [2.05, 4.69) is 26.1 Å². The van der Waals surface area contributed by atoms with E-state index in [1.165, 1.54) is 32.1 Å². The molecule has 0 fully saturated rings. The van der Waals surface area contributed by atoms with Crippen molar-refractivity contribution < 1.29 is 9.53 Å². The Bertz CT molecular complexity index is 491. The molecule has 0 radical (unpaired) electrons. The molecular formula is C21H37ClN2O2. The van der Waals surface area contributed by atoms with Gasteiger partial charge in [-0.05, 0) is 56.0 Å². The highest BCUT2D eigenvalue weighted by atomic mass is 35.5. The summed E-state index contributed by atoms with van der Waals surface area (Å²) in [5.74, 6) is 1.17. The summed E-state index contributed by atoms with van der Waals surface area (Å²) in [7, 11) is 0. The second-order valence-electron chi connectivity index (χ2n) is 7.63. The SMILES string of the molecule is CC(C)CCCCCC(C)CNCC(C)OC(=O)c1ccc(N)cc1.Cl. The molecule has 0 aromatic heterocycles. The number of carbonyl (C=O) groups excluding carboxylic acids is 1. The smallest absolute Gasteiger partial charge is 0.338 e. The van der Waals surface area contributed by atoms with Gasteiger partial charge >= 0.3 is 5.97 Å². The van der Waals surface area contributed by atoms with E-state index in [1.807, 2.05) is 6.92 Å². The summed E-state index contributed by atoms with van der Waals surface area (Å²) in [5, 5.41) is 3.41. The van der Waals surface area contributed by atoms with Crippen LogP contribution >= 0.6 is 12.4 Å². The first-order chi connectivity index (χ1) is 11.9. The number of carbonyl (C=O) groups is 1. The van der Waals surface area contributed by atoms with E-state index in [-0.39, 0.29) is 24.5 Å². The first-order valence-electron chi connectivity index (χ1n) is 9.65. The molecule has 2 unspecified atom stereocenters. The average Bonchev–Trinajstić information content (AvgIpc) is 2.54. The topological polar surface area (TPSA) is 64.3 Å². The van der Waals surface area contributed by atoms with Crippen molar-refractivity contribution in [1.29, 1.82) is 0 Å². The molecular weight excluding hydrogens is 348 g/mol. The van der Waals surface area contributed by atoms with Gasteiger partial charge in [-0.15, -0.1) is 12.4 Å². The Labute approximate surface area is 165 Å². The minimum absolute atomic E-state index is 0. The highest BCUT2D eigenvalue weighted by Gasteiger charge is 2.12. The second kappa shape index (κ2) is 13.9. The minimum Gasteiger partial charge on any atom is -0.458 e. The van der Waals surface area contributed by atoms with Crippen molar-refractivity contribution in [2.45, 2.75) is 65.9 Å². The fraction of sp³-hybridized carbons (Fsp3) is 0.667. The molecule has 0 aliphatic rings. The van der Waals surface area contributed by atoms with Crippen LogP contribution < -0.4 is 11.1 Å². The molecule has 2 atom stereocenters. The van der Waals surface area contributed by atoms with E-state index in [4.69, 9.17) is 10.5 Å². The molecule has 1 rings (SSSR count). The molecule has 0 amide bonds. The number of benzene rings is 1. The van der Waals surface area contributed by atoms with Crippen molar-refractivity contribution in [2.75, 3.05) is 18.8 Å². The van der Waals surface area contributed by atoms with Crippen LogP contribution in [0.25, 0.3) is 0 Å².